The number of benzene rings is 1. The van der Waals surface area contributed by atoms with Crippen molar-refractivity contribution in [3.8, 4) is 16.9 Å². The Hall–Kier alpha value is -2.62. The molecular formula is C17H18N4. The molecule has 4 nitrogen and oxygen atoms in total. The monoisotopic (exact) mass is 278 g/mol. The van der Waals surface area contributed by atoms with Gasteiger partial charge in [0.05, 0.1) is 23.9 Å². The second kappa shape index (κ2) is 5.79. The highest BCUT2D eigenvalue weighted by Crippen LogP contribution is 2.28. The zero-order chi connectivity index (χ0) is 14.7. The number of nitrogens with two attached hydrogens (primary N) is 1. The minimum absolute atomic E-state index is 0.708. The van der Waals surface area contributed by atoms with E-state index < -0.39 is 0 Å². The Morgan fingerprint density at radius 1 is 1.10 bits per heavy atom. The van der Waals surface area contributed by atoms with E-state index in [1.165, 1.54) is 5.56 Å². The van der Waals surface area contributed by atoms with Crippen molar-refractivity contribution in [2.75, 3.05) is 5.73 Å². The number of rotatable bonds is 4. The van der Waals surface area contributed by atoms with Gasteiger partial charge in [-0.15, -0.1) is 0 Å². The quantitative estimate of drug-likeness (QED) is 0.795. The molecule has 0 saturated heterocycles. The third-order valence-electron chi connectivity index (χ3n) is 3.54. The van der Waals surface area contributed by atoms with E-state index in [-0.39, 0.29) is 0 Å². The molecule has 0 spiro atoms. The number of imidazole rings is 1. The first-order valence-electron chi connectivity index (χ1n) is 7.11. The number of nitrogen functional groups attached to an aromatic ring is 1. The number of pyridine rings is 1. The Bertz CT molecular complexity index is 746. The van der Waals surface area contributed by atoms with Crippen molar-refractivity contribution in [3.05, 3.63) is 60.8 Å². The fourth-order valence-electron chi connectivity index (χ4n) is 2.53. The number of para-hydroxylation sites is 1. The standard InChI is InChI=1S/C17H18N4/c1-2-5-13-6-3-4-7-16(13)21-12-20-11-17(21)14-10-19-9-8-15(14)18/h3-4,6-12H,2,5H2,1H3,(H2,18,19). The van der Waals surface area contributed by atoms with Gasteiger partial charge >= 0.3 is 0 Å². The lowest BCUT2D eigenvalue weighted by molar-refractivity contribution is 0.899. The molecule has 2 heterocycles. The van der Waals surface area contributed by atoms with Gasteiger partial charge in [0.15, 0.2) is 0 Å². The van der Waals surface area contributed by atoms with Gasteiger partial charge in [0, 0.05) is 23.6 Å². The van der Waals surface area contributed by atoms with Crippen molar-refractivity contribution in [1.82, 2.24) is 14.5 Å². The largest absolute Gasteiger partial charge is 0.398 e. The molecule has 2 aromatic heterocycles. The second-order valence-electron chi connectivity index (χ2n) is 4.99. The predicted molar refractivity (Wildman–Crippen MR) is 85.2 cm³/mol. The normalized spacial score (nSPS) is 10.7. The smallest absolute Gasteiger partial charge is 0.0997 e. The minimum atomic E-state index is 0.708. The number of aromatic nitrogens is 3. The number of nitrogens with zero attached hydrogens (tertiary/aromatic N) is 3. The average Bonchev–Trinajstić information content (AvgIpc) is 2.98. The molecule has 0 bridgehead atoms. The summed E-state index contributed by atoms with van der Waals surface area (Å²) < 4.78 is 2.08. The van der Waals surface area contributed by atoms with Gasteiger partial charge in [0.2, 0.25) is 0 Å². The van der Waals surface area contributed by atoms with Crippen LogP contribution in [0.1, 0.15) is 18.9 Å². The Kier molecular flexibility index (Phi) is 3.69. The van der Waals surface area contributed by atoms with Crippen LogP contribution < -0.4 is 5.73 Å². The van der Waals surface area contributed by atoms with Crippen LogP contribution in [0.25, 0.3) is 16.9 Å². The highest BCUT2D eigenvalue weighted by molar-refractivity contribution is 5.74. The predicted octanol–water partition coefficient (Wildman–Crippen LogP) is 3.47. The summed E-state index contributed by atoms with van der Waals surface area (Å²) in [6, 6.07) is 10.2. The molecule has 2 N–H and O–H groups in total. The molecule has 0 atom stereocenters. The molecular weight excluding hydrogens is 260 g/mol. The lowest BCUT2D eigenvalue weighted by atomic mass is 10.1. The van der Waals surface area contributed by atoms with Crippen LogP contribution in [0, 0.1) is 0 Å². The number of anilines is 1. The van der Waals surface area contributed by atoms with E-state index in [0.717, 1.165) is 29.8 Å². The van der Waals surface area contributed by atoms with Gasteiger partial charge < -0.3 is 5.73 Å². The average molecular weight is 278 g/mol. The fraction of sp³-hybridized carbons (Fsp3) is 0.176. The van der Waals surface area contributed by atoms with E-state index in [0.29, 0.717) is 5.69 Å². The first-order chi connectivity index (χ1) is 10.3. The second-order valence-corrected chi connectivity index (χ2v) is 4.99. The van der Waals surface area contributed by atoms with Gasteiger partial charge in [-0.25, -0.2) is 4.98 Å². The highest BCUT2D eigenvalue weighted by Gasteiger charge is 2.12. The molecule has 4 heteroatoms. The van der Waals surface area contributed by atoms with Crippen LogP contribution in [0.5, 0.6) is 0 Å². The number of hydrogen-bond acceptors (Lipinski definition) is 3. The number of hydrogen-bond donors (Lipinski definition) is 1. The van der Waals surface area contributed by atoms with Crippen LogP contribution in [0.2, 0.25) is 0 Å². The van der Waals surface area contributed by atoms with E-state index in [2.05, 4.69) is 39.7 Å². The summed E-state index contributed by atoms with van der Waals surface area (Å²) in [5.41, 5.74) is 11.1. The summed E-state index contributed by atoms with van der Waals surface area (Å²) >= 11 is 0. The Labute approximate surface area is 124 Å². The molecule has 0 aliphatic rings. The van der Waals surface area contributed by atoms with Gasteiger partial charge in [-0.05, 0) is 24.1 Å². The van der Waals surface area contributed by atoms with Gasteiger partial charge in [-0.2, -0.15) is 0 Å². The first kappa shape index (κ1) is 13.4. The van der Waals surface area contributed by atoms with Gasteiger partial charge in [-0.1, -0.05) is 31.5 Å². The SMILES string of the molecule is CCCc1ccccc1-n1cncc1-c1cnccc1N. The van der Waals surface area contributed by atoms with E-state index in [1.807, 2.05) is 24.7 Å². The van der Waals surface area contributed by atoms with Crippen LogP contribution >= 0.6 is 0 Å². The summed E-state index contributed by atoms with van der Waals surface area (Å²) in [6.07, 6.45) is 9.29. The minimum Gasteiger partial charge on any atom is -0.398 e. The van der Waals surface area contributed by atoms with E-state index in [4.69, 9.17) is 5.73 Å². The van der Waals surface area contributed by atoms with E-state index in [9.17, 15) is 0 Å². The summed E-state index contributed by atoms with van der Waals surface area (Å²) in [7, 11) is 0. The Morgan fingerprint density at radius 2 is 1.95 bits per heavy atom. The van der Waals surface area contributed by atoms with Crippen molar-refractivity contribution in [1.29, 1.82) is 0 Å². The summed E-state index contributed by atoms with van der Waals surface area (Å²) in [5, 5.41) is 0. The summed E-state index contributed by atoms with van der Waals surface area (Å²) in [5.74, 6) is 0. The van der Waals surface area contributed by atoms with Crippen molar-refractivity contribution < 1.29 is 0 Å². The maximum atomic E-state index is 6.07. The third-order valence-corrected chi connectivity index (χ3v) is 3.54. The topological polar surface area (TPSA) is 56.7 Å². The Balaban J connectivity index is 2.14. The molecule has 0 fully saturated rings. The fourth-order valence-corrected chi connectivity index (χ4v) is 2.53. The number of aryl methyl sites for hydroxylation is 1. The van der Waals surface area contributed by atoms with Crippen LogP contribution in [-0.2, 0) is 6.42 Å². The molecule has 21 heavy (non-hydrogen) atoms. The molecule has 1 aromatic carbocycles. The molecule has 3 aromatic rings. The molecule has 0 aliphatic carbocycles. The van der Waals surface area contributed by atoms with Crippen LogP contribution in [-0.4, -0.2) is 14.5 Å². The summed E-state index contributed by atoms with van der Waals surface area (Å²) in [6.45, 7) is 2.19. The molecule has 106 valence electrons. The van der Waals surface area contributed by atoms with Crippen molar-refractivity contribution in [3.63, 3.8) is 0 Å². The molecule has 0 aliphatic heterocycles. The van der Waals surface area contributed by atoms with Crippen molar-refractivity contribution in [2.45, 2.75) is 19.8 Å². The maximum absolute atomic E-state index is 6.07. The van der Waals surface area contributed by atoms with Crippen LogP contribution in [0.4, 0.5) is 5.69 Å². The lowest BCUT2D eigenvalue weighted by Crippen LogP contribution is -2.02. The lowest BCUT2D eigenvalue weighted by Gasteiger charge is -2.13. The molecule has 0 radical (unpaired) electrons. The third kappa shape index (κ3) is 2.52. The van der Waals surface area contributed by atoms with Crippen molar-refractivity contribution in [2.24, 2.45) is 0 Å². The molecule has 0 amide bonds. The highest BCUT2D eigenvalue weighted by atomic mass is 15.1. The maximum Gasteiger partial charge on any atom is 0.0997 e. The van der Waals surface area contributed by atoms with Gasteiger partial charge in [0.1, 0.15) is 0 Å². The van der Waals surface area contributed by atoms with Gasteiger partial charge in [-0.3, -0.25) is 9.55 Å². The van der Waals surface area contributed by atoms with E-state index in [1.54, 1.807) is 12.4 Å². The zero-order valence-electron chi connectivity index (χ0n) is 12.0. The summed E-state index contributed by atoms with van der Waals surface area (Å²) in [4.78, 5) is 8.47. The van der Waals surface area contributed by atoms with E-state index >= 15 is 0 Å². The van der Waals surface area contributed by atoms with Crippen molar-refractivity contribution >= 4 is 5.69 Å². The van der Waals surface area contributed by atoms with Crippen LogP contribution in [0.3, 0.4) is 0 Å². The Morgan fingerprint density at radius 3 is 2.76 bits per heavy atom. The van der Waals surface area contributed by atoms with Crippen LogP contribution in [0.15, 0.2) is 55.2 Å². The zero-order valence-corrected chi connectivity index (χ0v) is 12.0. The molecule has 0 saturated carbocycles. The van der Waals surface area contributed by atoms with Gasteiger partial charge in [0.25, 0.3) is 0 Å². The first-order valence-corrected chi connectivity index (χ1v) is 7.11. The molecule has 0 unspecified atom stereocenters. The molecule has 3 rings (SSSR count).